The first-order valence-corrected chi connectivity index (χ1v) is 8.93. The van der Waals surface area contributed by atoms with Crippen molar-refractivity contribution in [2.75, 3.05) is 27.4 Å². The van der Waals surface area contributed by atoms with Gasteiger partial charge in [-0.3, -0.25) is 9.59 Å². The number of methoxy groups -OCH3 is 2. The van der Waals surface area contributed by atoms with Crippen molar-refractivity contribution >= 4 is 11.9 Å². The minimum Gasteiger partial charge on any atom is -0.469 e. The fourth-order valence-corrected chi connectivity index (χ4v) is 3.68. The second-order valence-corrected chi connectivity index (χ2v) is 6.87. The van der Waals surface area contributed by atoms with Gasteiger partial charge in [0.2, 0.25) is 0 Å². The highest BCUT2D eigenvalue weighted by Crippen LogP contribution is 2.30. The average Bonchev–Trinajstić information content (AvgIpc) is 2.67. The Morgan fingerprint density at radius 1 is 0.792 bits per heavy atom. The fourth-order valence-electron chi connectivity index (χ4n) is 3.68. The Bertz CT molecular complexity index is 348. The van der Waals surface area contributed by atoms with E-state index in [0.717, 1.165) is 51.4 Å². The summed E-state index contributed by atoms with van der Waals surface area (Å²) in [4.78, 5) is 22.2. The molecule has 0 aromatic rings. The molecule has 0 heterocycles. The van der Waals surface area contributed by atoms with Gasteiger partial charge in [-0.2, -0.15) is 0 Å². The summed E-state index contributed by atoms with van der Waals surface area (Å²) < 4.78 is 9.32. The minimum atomic E-state index is -0.117. The van der Waals surface area contributed by atoms with Crippen LogP contribution in [0.25, 0.3) is 0 Å². The van der Waals surface area contributed by atoms with Crippen LogP contribution < -0.4 is 0 Å². The molecule has 0 radical (unpaired) electrons. The van der Waals surface area contributed by atoms with Crippen LogP contribution in [0.3, 0.4) is 0 Å². The molecular formula is C18H32O6. The summed E-state index contributed by atoms with van der Waals surface area (Å²) >= 11 is 0. The summed E-state index contributed by atoms with van der Waals surface area (Å²) in [6.45, 7) is 0.404. The van der Waals surface area contributed by atoms with Crippen LogP contribution in [0.1, 0.15) is 51.4 Å². The molecule has 4 atom stereocenters. The van der Waals surface area contributed by atoms with Crippen molar-refractivity contribution in [2.45, 2.75) is 51.4 Å². The third-order valence-electron chi connectivity index (χ3n) is 5.15. The smallest absolute Gasteiger partial charge is 0.308 e. The van der Waals surface area contributed by atoms with E-state index in [4.69, 9.17) is 10.2 Å². The van der Waals surface area contributed by atoms with Gasteiger partial charge < -0.3 is 19.7 Å². The van der Waals surface area contributed by atoms with Gasteiger partial charge in [-0.15, -0.1) is 0 Å². The van der Waals surface area contributed by atoms with Crippen LogP contribution in [0.15, 0.2) is 0 Å². The molecular weight excluding hydrogens is 312 g/mol. The maximum atomic E-state index is 11.1. The summed E-state index contributed by atoms with van der Waals surface area (Å²) in [7, 11) is 2.84. The summed E-state index contributed by atoms with van der Waals surface area (Å²) in [6, 6.07) is 0. The highest BCUT2D eigenvalue weighted by Gasteiger charge is 2.28. The predicted molar refractivity (Wildman–Crippen MR) is 89.1 cm³/mol. The lowest BCUT2D eigenvalue weighted by Gasteiger charge is -2.25. The SMILES string of the molecule is COC(=O)[C@@H]1CCC[C@H](CO)C1.COC(=O)[C@H]1CCC[C@@H](CO)C1. The number of carbonyl (C=O) groups excluding carboxylic acids is 2. The van der Waals surface area contributed by atoms with Crippen LogP contribution in [0.4, 0.5) is 0 Å². The van der Waals surface area contributed by atoms with E-state index in [1.807, 2.05) is 0 Å². The van der Waals surface area contributed by atoms with Gasteiger partial charge >= 0.3 is 11.9 Å². The molecule has 140 valence electrons. The number of aliphatic hydroxyl groups is 2. The van der Waals surface area contributed by atoms with Crippen LogP contribution in [0, 0.1) is 23.7 Å². The molecule has 6 heteroatoms. The van der Waals surface area contributed by atoms with Crippen LogP contribution in [-0.2, 0) is 19.1 Å². The Morgan fingerprint density at radius 2 is 1.17 bits per heavy atom. The molecule has 0 bridgehead atoms. The zero-order chi connectivity index (χ0) is 17.9. The topological polar surface area (TPSA) is 93.1 Å². The fraction of sp³-hybridized carbons (Fsp3) is 0.889. The molecule has 6 nitrogen and oxygen atoms in total. The van der Waals surface area contributed by atoms with Crippen molar-refractivity contribution in [3.63, 3.8) is 0 Å². The maximum absolute atomic E-state index is 11.1. The number of esters is 2. The van der Waals surface area contributed by atoms with Gasteiger partial charge in [0, 0.05) is 13.2 Å². The Labute approximate surface area is 144 Å². The Hall–Kier alpha value is -1.14. The molecule has 0 unspecified atom stereocenters. The largest absolute Gasteiger partial charge is 0.469 e. The number of ether oxygens (including phenoxy) is 2. The molecule has 24 heavy (non-hydrogen) atoms. The van der Waals surface area contributed by atoms with E-state index in [2.05, 4.69) is 9.47 Å². The van der Waals surface area contributed by atoms with Crippen LogP contribution >= 0.6 is 0 Å². The summed E-state index contributed by atoms with van der Waals surface area (Å²) in [6.07, 6.45) is 7.59. The van der Waals surface area contributed by atoms with Crippen molar-refractivity contribution in [1.82, 2.24) is 0 Å². The van der Waals surface area contributed by atoms with Crippen molar-refractivity contribution in [3.8, 4) is 0 Å². The Morgan fingerprint density at radius 3 is 1.46 bits per heavy atom. The molecule has 0 amide bonds. The zero-order valence-corrected chi connectivity index (χ0v) is 14.9. The van der Waals surface area contributed by atoms with Crippen molar-refractivity contribution in [2.24, 2.45) is 23.7 Å². The molecule has 0 spiro atoms. The second kappa shape index (κ2) is 11.4. The Balaban J connectivity index is 0.000000240. The minimum absolute atomic E-state index is 0.0286. The monoisotopic (exact) mass is 344 g/mol. The van der Waals surface area contributed by atoms with E-state index in [1.165, 1.54) is 14.2 Å². The molecule has 0 saturated heterocycles. The van der Waals surface area contributed by atoms with Gasteiger partial charge in [-0.25, -0.2) is 0 Å². The molecule has 0 aromatic heterocycles. The summed E-state index contributed by atoms with van der Waals surface area (Å²) in [5.41, 5.74) is 0. The van der Waals surface area contributed by atoms with E-state index >= 15 is 0 Å². The molecule has 2 aliphatic rings. The molecule has 2 fully saturated rings. The quantitative estimate of drug-likeness (QED) is 0.757. The van der Waals surface area contributed by atoms with Crippen LogP contribution in [0.5, 0.6) is 0 Å². The van der Waals surface area contributed by atoms with Gasteiger partial charge in [0.05, 0.1) is 26.1 Å². The molecule has 0 aromatic carbocycles. The molecule has 0 aliphatic heterocycles. The van der Waals surface area contributed by atoms with E-state index in [9.17, 15) is 9.59 Å². The first kappa shape index (κ1) is 20.9. The third kappa shape index (κ3) is 6.77. The lowest BCUT2D eigenvalue weighted by Crippen LogP contribution is -2.25. The standard InChI is InChI=1S/2C9H16O3/c2*1-12-9(11)8-4-2-3-7(5-8)6-10/h2*7-8,10H,2-6H2,1H3/t2*7-,8+/m10/s1. The molecule has 2 aliphatic carbocycles. The highest BCUT2D eigenvalue weighted by molar-refractivity contribution is 5.72. The Kier molecular flexibility index (Phi) is 9.95. The van der Waals surface area contributed by atoms with E-state index in [1.54, 1.807) is 0 Å². The van der Waals surface area contributed by atoms with Crippen LogP contribution in [-0.4, -0.2) is 49.6 Å². The van der Waals surface area contributed by atoms with Crippen molar-refractivity contribution in [3.05, 3.63) is 0 Å². The predicted octanol–water partition coefficient (Wildman–Crippen LogP) is 1.92. The molecule has 2 rings (SSSR count). The first-order chi connectivity index (χ1) is 11.5. The van der Waals surface area contributed by atoms with Crippen molar-refractivity contribution in [1.29, 1.82) is 0 Å². The van der Waals surface area contributed by atoms with E-state index in [0.29, 0.717) is 11.8 Å². The van der Waals surface area contributed by atoms with Gasteiger partial charge in [0.15, 0.2) is 0 Å². The number of hydrogen-bond donors (Lipinski definition) is 2. The number of hydrogen-bond acceptors (Lipinski definition) is 6. The number of aliphatic hydroxyl groups excluding tert-OH is 2. The lowest BCUT2D eigenvalue weighted by atomic mass is 9.82. The number of rotatable bonds is 4. The third-order valence-corrected chi connectivity index (χ3v) is 5.15. The van der Waals surface area contributed by atoms with Crippen molar-refractivity contribution < 1.29 is 29.3 Å². The van der Waals surface area contributed by atoms with E-state index < -0.39 is 0 Å². The van der Waals surface area contributed by atoms with Gasteiger partial charge in [-0.05, 0) is 50.4 Å². The van der Waals surface area contributed by atoms with Gasteiger partial charge in [0.1, 0.15) is 0 Å². The zero-order valence-electron chi connectivity index (χ0n) is 14.9. The van der Waals surface area contributed by atoms with Gasteiger partial charge in [-0.1, -0.05) is 12.8 Å². The normalized spacial score (nSPS) is 29.8. The summed E-state index contributed by atoms with van der Waals surface area (Å²) in [5, 5.41) is 17.8. The summed E-state index contributed by atoms with van der Waals surface area (Å²) in [5.74, 6) is 0.439. The lowest BCUT2D eigenvalue weighted by molar-refractivity contribution is -0.148. The van der Waals surface area contributed by atoms with Crippen LogP contribution in [0.2, 0.25) is 0 Å². The molecule has 2 N–H and O–H groups in total. The maximum Gasteiger partial charge on any atom is 0.308 e. The first-order valence-electron chi connectivity index (χ1n) is 8.93. The number of carbonyl (C=O) groups is 2. The second-order valence-electron chi connectivity index (χ2n) is 6.87. The average molecular weight is 344 g/mol. The molecule has 2 saturated carbocycles. The van der Waals surface area contributed by atoms with Gasteiger partial charge in [0.25, 0.3) is 0 Å². The highest BCUT2D eigenvalue weighted by atomic mass is 16.5. The van der Waals surface area contributed by atoms with E-state index in [-0.39, 0.29) is 37.0 Å².